The van der Waals surface area contributed by atoms with Crippen molar-refractivity contribution in [1.29, 1.82) is 0 Å². The highest BCUT2D eigenvalue weighted by Gasteiger charge is 2.14. The molecule has 5 heteroatoms. The number of hydrogen-bond donors (Lipinski definition) is 0. The van der Waals surface area contributed by atoms with Crippen molar-refractivity contribution in [1.82, 2.24) is 14.6 Å². The zero-order valence-electron chi connectivity index (χ0n) is 7.83. The molecule has 3 nitrogen and oxygen atoms in total. The van der Waals surface area contributed by atoms with E-state index < -0.39 is 6.43 Å². The second-order valence-corrected chi connectivity index (χ2v) is 3.18. The van der Waals surface area contributed by atoms with Crippen LogP contribution in [0.3, 0.4) is 0 Å². The smallest absolute Gasteiger partial charge is 0.234 e. The fourth-order valence-corrected chi connectivity index (χ4v) is 1.40. The predicted molar refractivity (Wildman–Crippen MR) is 47.4 cm³/mol. The molecule has 74 valence electrons. The van der Waals surface area contributed by atoms with Crippen molar-refractivity contribution in [2.24, 2.45) is 0 Å². The number of aromatic nitrogens is 3. The van der Waals surface area contributed by atoms with Gasteiger partial charge in [0.2, 0.25) is 0 Å². The zero-order valence-corrected chi connectivity index (χ0v) is 7.83. The number of rotatable bonds is 1. The molecule has 2 aromatic rings. The van der Waals surface area contributed by atoms with Crippen molar-refractivity contribution >= 4 is 5.65 Å². The number of halogens is 2. The van der Waals surface area contributed by atoms with E-state index in [1.54, 1.807) is 19.9 Å². The lowest BCUT2D eigenvalue weighted by Crippen LogP contribution is -2.02. The molecule has 0 N–H and O–H groups in total. The highest BCUT2D eigenvalue weighted by Crippen LogP contribution is 2.20. The SMILES string of the molecule is Cc1cc(C(F)F)n2nc(C)cc2n1. The van der Waals surface area contributed by atoms with E-state index in [0.29, 0.717) is 17.0 Å². The third kappa shape index (κ3) is 1.34. The molecule has 0 radical (unpaired) electrons. The van der Waals surface area contributed by atoms with E-state index in [4.69, 9.17) is 0 Å². The molecular formula is C9H9F2N3. The third-order valence-corrected chi connectivity index (χ3v) is 1.93. The zero-order chi connectivity index (χ0) is 10.3. The maximum Gasteiger partial charge on any atom is 0.280 e. The summed E-state index contributed by atoms with van der Waals surface area (Å²) in [6.45, 7) is 3.44. The number of nitrogens with zero attached hydrogens (tertiary/aromatic N) is 3. The molecule has 0 atom stereocenters. The Morgan fingerprint density at radius 3 is 2.57 bits per heavy atom. The summed E-state index contributed by atoms with van der Waals surface area (Å²) in [5.74, 6) is 0. The van der Waals surface area contributed by atoms with E-state index in [-0.39, 0.29) is 5.69 Å². The van der Waals surface area contributed by atoms with Gasteiger partial charge in [0, 0.05) is 11.8 Å². The fourth-order valence-electron chi connectivity index (χ4n) is 1.40. The van der Waals surface area contributed by atoms with Crippen molar-refractivity contribution in [3.63, 3.8) is 0 Å². The Bertz CT molecular complexity index is 476. The van der Waals surface area contributed by atoms with Gasteiger partial charge >= 0.3 is 0 Å². The summed E-state index contributed by atoms with van der Waals surface area (Å²) in [4.78, 5) is 4.11. The first kappa shape index (κ1) is 9.05. The normalized spacial score (nSPS) is 11.5. The molecule has 14 heavy (non-hydrogen) atoms. The topological polar surface area (TPSA) is 30.2 Å². The molecule has 0 aliphatic carbocycles. The fraction of sp³-hybridized carbons (Fsp3) is 0.333. The van der Waals surface area contributed by atoms with Gasteiger partial charge in [-0.25, -0.2) is 18.3 Å². The standard InChI is InChI=1S/C9H9F2N3/c1-5-3-7(9(10)11)14-8(12-5)4-6(2)13-14/h3-4,9H,1-2H3. The predicted octanol–water partition coefficient (Wildman–Crippen LogP) is 2.28. The van der Waals surface area contributed by atoms with E-state index in [9.17, 15) is 8.78 Å². The van der Waals surface area contributed by atoms with Crippen LogP contribution in [-0.2, 0) is 0 Å². The summed E-state index contributed by atoms with van der Waals surface area (Å²) in [7, 11) is 0. The first-order valence-corrected chi connectivity index (χ1v) is 4.20. The van der Waals surface area contributed by atoms with E-state index in [2.05, 4.69) is 10.1 Å². The van der Waals surface area contributed by atoms with Crippen LogP contribution >= 0.6 is 0 Å². The molecule has 0 aliphatic rings. The molecule has 2 rings (SSSR count). The molecule has 0 unspecified atom stereocenters. The molecule has 0 fully saturated rings. The van der Waals surface area contributed by atoms with Crippen LogP contribution in [0.1, 0.15) is 23.5 Å². The molecule has 2 heterocycles. The molecule has 0 amide bonds. The quantitative estimate of drug-likeness (QED) is 0.702. The van der Waals surface area contributed by atoms with E-state index >= 15 is 0 Å². The molecule has 0 spiro atoms. The molecule has 0 saturated heterocycles. The summed E-state index contributed by atoms with van der Waals surface area (Å²) in [6.07, 6.45) is -2.53. The third-order valence-electron chi connectivity index (χ3n) is 1.93. The van der Waals surface area contributed by atoms with Crippen molar-refractivity contribution in [3.05, 3.63) is 29.2 Å². The lowest BCUT2D eigenvalue weighted by Gasteiger charge is -2.03. The van der Waals surface area contributed by atoms with Gasteiger partial charge in [-0.3, -0.25) is 0 Å². The van der Waals surface area contributed by atoms with E-state index in [1.165, 1.54) is 10.6 Å². The van der Waals surface area contributed by atoms with Gasteiger partial charge in [-0.15, -0.1) is 0 Å². The van der Waals surface area contributed by atoms with Gasteiger partial charge in [0.25, 0.3) is 6.43 Å². The average Bonchev–Trinajstić information content (AvgIpc) is 2.42. The minimum Gasteiger partial charge on any atom is -0.234 e. The van der Waals surface area contributed by atoms with Crippen LogP contribution in [0.5, 0.6) is 0 Å². The molecule has 0 saturated carbocycles. The number of fused-ring (bicyclic) bond motifs is 1. The molecule has 0 bridgehead atoms. The van der Waals surface area contributed by atoms with Gasteiger partial charge in [-0.1, -0.05) is 0 Å². The van der Waals surface area contributed by atoms with E-state index in [0.717, 1.165) is 0 Å². The summed E-state index contributed by atoms with van der Waals surface area (Å²) in [5, 5.41) is 3.95. The van der Waals surface area contributed by atoms with Crippen LogP contribution in [0.4, 0.5) is 8.78 Å². The van der Waals surface area contributed by atoms with Crippen LogP contribution < -0.4 is 0 Å². The first-order chi connectivity index (χ1) is 6.58. The lowest BCUT2D eigenvalue weighted by atomic mass is 10.3. The number of aryl methyl sites for hydroxylation is 2. The average molecular weight is 197 g/mol. The molecule has 2 aromatic heterocycles. The monoisotopic (exact) mass is 197 g/mol. The first-order valence-electron chi connectivity index (χ1n) is 4.20. The highest BCUT2D eigenvalue weighted by atomic mass is 19.3. The Kier molecular flexibility index (Phi) is 1.94. The van der Waals surface area contributed by atoms with Gasteiger partial charge in [0.15, 0.2) is 5.65 Å². The van der Waals surface area contributed by atoms with Crippen LogP contribution in [0, 0.1) is 13.8 Å². The maximum atomic E-state index is 12.6. The number of alkyl halides is 2. The van der Waals surface area contributed by atoms with Crippen molar-refractivity contribution in [3.8, 4) is 0 Å². The maximum absolute atomic E-state index is 12.6. The van der Waals surface area contributed by atoms with Crippen molar-refractivity contribution in [2.75, 3.05) is 0 Å². The summed E-state index contributed by atoms with van der Waals surface area (Å²) in [5.41, 5.74) is 1.62. The number of hydrogen-bond acceptors (Lipinski definition) is 2. The summed E-state index contributed by atoms with van der Waals surface area (Å²) >= 11 is 0. The largest absolute Gasteiger partial charge is 0.280 e. The summed E-state index contributed by atoms with van der Waals surface area (Å²) < 4.78 is 26.4. The Morgan fingerprint density at radius 2 is 1.93 bits per heavy atom. The summed E-state index contributed by atoms with van der Waals surface area (Å²) in [6, 6.07) is 3.03. The highest BCUT2D eigenvalue weighted by molar-refractivity contribution is 5.41. The molecule has 0 aliphatic heterocycles. The second-order valence-electron chi connectivity index (χ2n) is 3.18. The lowest BCUT2D eigenvalue weighted by molar-refractivity contribution is 0.143. The molecule has 0 aromatic carbocycles. The minimum atomic E-state index is -2.53. The second kappa shape index (κ2) is 3.01. The van der Waals surface area contributed by atoms with Crippen molar-refractivity contribution < 1.29 is 8.78 Å². The minimum absolute atomic E-state index is 0.111. The molecular weight excluding hydrogens is 188 g/mol. The van der Waals surface area contributed by atoms with Gasteiger partial charge < -0.3 is 0 Å². The van der Waals surface area contributed by atoms with E-state index in [1.807, 2.05) is 0 Å². The van der Waals surface area contributed by atoms with Crippen LogP contribution in [-0.4, -0.2) is 14.6 Å². The Morgan fingerprint density at radius 1 is 1.21 bits per heavy atom. The Labute approximate surface area is 79.4 Å². The van der Waals surface area contributed by atoms with Crippen LogP contribution in [0.25, 0.3) is 5.65 Å². The Balaban J connectivity index is 2.79. The van der Waals surface area contributed by atoms with Gasteiger partial charge in [-0.05, 0) is 19.9 Å². The van der Waals surface area contributed by atoms with Gasteiger partial charge in [-0.2, -0.15) is 5.10 Å². The van der Waals surface area contributed by atoms with Gasteiger partial charge in [0.1, 0.15) is 5.69 Å². The van der Waals surface area contributed by atoms with Crippen molar-refractivity contribution in [2.45, 2.75) is 20.3 Å². The van der Waals surface area contributed by atoms with Gasteiger partial charge in [0.05, 0.1) is 5.69 Å². The Hall–Kier alpha value is -1.52. The van der Waals surface area contributed by atoms with Crippen LogP contribution in [0.2, 0.25) is 0 Å². The van der Waals surface area contributed by atoms with Crippen LogP contribution in [0.15, 0.2) is 12.1 Å².